The Labute approximate surface area is 151 Å². The first-order valence-corrected chi connectivity index (χ1v) is 9.61. The number of benzene rings is 2. The van der Waals surface area contributed by atoms with Crippen molar-refractivity contribution in [1.29, 1.82) is 0 Å². The molecule has 0 bridgehead atoms. The van der Waals surface area contributed by atoms with Crippen molar-refractivity contribution < 1.29 is 4.79 Å². The molecule has 2 heteroatoms. The molecular formula is C23H29NO. The minimum absolute atomic E-state index is 0.190. The molecule has 0 aliphatic heterocycles. The molecule has 2 nitrogen and oxygen atoms in total. The van der Waals surface area contributed by atoms with E-state index in [9.17, 15) is 4.79 Å². The Balaban J connectivity index is 1.66. The van der Waals surface area contributed by atoms with Crippen LogP contribution in [0, 0.1) is 0 Å². The van der Waals surface area contributed by atoms with Crippen molar-refractivity contribution in [3.8, 4) is 0 Å². The number of hydrogen-bond acceptors (Lipinski definition) is 1. The molecule has 0 unspecified atom stereocenters. The van der Waals surface area contributed by atoms with Crippen molar-refractivity contribution in [2.24, 2.45) is 0 Å². The summed E-state index contributed by atoms with van der Waals surface area (Å²) in [5.41, 5.74) is 2.18. The molecule has 132 valence electrons. The number of nitrogens with one attached hydrogen (secondary N) is 1. The molecule has 2 aromatic carbocycles. The highest BCUT2D eigenvalue weighted by atomic mass is 16.2. The van der Waals surface area contributed by atoms with Gasteiger partial charge in [0.05, 0.1) is 5.41 Å². The molecule has 1 fully saturated rings. The zero-order valence-electron chi connectivity index (χ0n) is 15.2. The van der Waals surface area contributed by atoms with Gasteiger partial charge >= 0.3 is 0 Å². The zero-order valence-corrected chi connectivity index (χ0v) is 15.2. The molecule has 25 heavy (non-hydrogen) atoms. The van der Waals surface area contributed by atoms with Gasteiger partial charge in [0, 0.05) is 6.04 Å². The van der Waals surface area contributed by atoms with E-state index >= 15 is 0 Å². The molecule has 0 radical (unpaired) electrons. The molecule has 0 aromatic heterocycles. The summed E-state index contributed by atoms with van der Waals surface area (Å²) in [4.78, 5) is 13.2. The molecule has 1 aliphatic rings. The Morgan fingerprint density at radius 3 is 2.20 bits per heavy atom. The third-order valence-corrected chi connectivity index (χ3v) is 5.55. The lowest BCUT2D eigenvalue weighted by atomic mass is 9.68. The summed E-state index contributed by atoms with van der Waals surface area (Å²) in [6.07, 6.45) is 7.43. The molecule has 3 rings (SSSR count). The van der Waals surface area contributed by atoms with Gasteiger partial charge in [-0.3, -0.25) is 4.79 Å². The van der Waals surface area contributed by atoms with E-state index in [1.807, 2.05) is 12.1 Å². The van der Waals surface area contributed by atoms with Gasteiger partial charge in [-0.1, -0.05) is 79.9 Å². The summed E-state index contributed by atoms with van der Waals surface area (Å²) >= 11 is 0. The number of carbonyl (C=O) groups is 1. The van der Waals surface area contributed by atoms with Crippen molar-refractivity contribution in [2.45, 2.75) is 63.3 Å². The van der Waals surface area contributed by atoms with E-state index in [1.54, 1.807) is 0 Å². The second-order valence-electron chi connectivity index (χ2n) is 7.41. The molecule has 1 atom stereocenters. The Morgan fingerprint density at radius 2 is 1.56 bits per heavy atom. The van der Waals surface area contributed by atoms with E-state index in [1.165, 1.54) is 17.5 Å². The fourth-order valence-corrected chi connectivity index (χ4v) is 4.02. The summed E-state index contributed by atoms with van der Waals surface area (Å²) in [6, 6.07) is 21.1. The highest BCUT2D eigenvalue weighted by molar-refractivity contribution is 5.88. The van der Waals surface area contributed by atoms with E-state index < -0.39 is 0 Å². The molecule has 1 N–H and O–H groups in total. The van der Waals surface area contributed by atoms with Crippen LogP contribution in [0.15, 0.2) is 60.7 Å². The zero-order chi connectivity index (χ0) is 17.5. The Bertz CT molecular complexity index is 659. The summed E-state index contributed by atoms with van der Waals surface area (Å²) < 4.78 is 0. The summed E-state index contributed by atoms with van der Waals surface area (Å²) in [5.74, 6) is 0.221. The molecule has 1 aliphatic carbocycles. The first-order chi connectivity index (χ1) is 12.2. The van der Waals surface area contributed by atoms with Crippen LogP contribution in [0.3, 0.4) is 0 Å². The van der Waals surface area contributed by atoms with Crippen LogP contribution in [0.5, 0.6) is 0 Å². The fourth-order valence-electron chi connectivity index (χ4n) is 4.02. The predicted octanol–water partition coefficient (Wildman–Crippen LogP) is 5.03. The normalized spacial score (nSPS) is 17.6. The molecule has 0 spiro atoms. The maximum atomic E-state index is 13.2. The fraction of sp³-hybridized carbons (Fsp3) is 0.435. The first kappa shape index (κ1) is 17.7. The second kappa shape index (κ2) is 8.33. The highest BCUT2D eigenvalue weighted by Crippen LogP contribution is 2.39. The molecule has 1 saturated carbocycles. The number of rotatable bonds is 6. The lowest BCUT2D eigenvalue weighted by Gasteiger charge is -2.37. The van der Waals surface area contributed by atoms with Gasteiger partial charge in [-0.15, -0.1) is 0 Å². The minimum atomic E-state index is -0.333. The van der Waals surface area contributed by atoms with Crippen molar-refractivity contribution >= 4 is 5.91 Å². The number of hydrogen-bond donors (Lipinski definition) is 1. The van der Waals surface area contributed by atoms with Gasteiger partial charge in [0.25, 0.3) is 0 Å². The van der Waals surface area contributed by atoms with Crippen molar-refractivity contribution in [3.05, 3.63) is 71.8 Å². The van der Waals surface area contributed by atoms with Gasteiger partial charge in [0.2, 0.25) is 5.91 Å². The van der Waals surface area contributed by atoms with E-state index in [0.29, 0.717) is 0 Å². The second-order valence-corrected chi connectivity index (χ2v) is 7.41. The van der Waals surface area contributed by atoms with Crippen LogP contribution in [0.25, 0.3) is 0 Å². The van der Waals surface area contributed by atoms with E-state index in [-0.39, 0.29) is 17.4 Å². The lowest BCUT2D eigenvalue weighted by molar-refractivity contribution is -0.128. The maximum Gasteiger partial charge on any atom is 0.230 e. The van der Waals surface area contributed by atoms with Gasteiger partial charge in [-0.05, 0) is 43.7 Å². The Hall–Kier alpha value is -2.09. The molecule has 0 heterocycles. The monoisotopic (exact) mass is 335 g/mol. The predicted molar refractivity (Wildman–Crippen MR) is 104 cm³/mol. The van der Waals surface area contributed by atoms with Crippen LogP contribution < -0.4 is 5.32 Å². The average Bonchev–Trinajstić information content (AvgIpc) is 2.68. The van der Waals surface area contributed by atoms with Crippen molar-refractivity contribution in [1.82, 2.24) is 5.32 Å². The van der Waals surface area contributed by atoms with Crippen LogP contribution in [0.4, 0.5) is 0 Å². The minimum Gasteiger partial charge on any atom is -0.353 e. The average molecular weight is 335 g/mol. The summed E-state index contributed by atoms with van der Waals surface area (Å²) in [5, 5.41) is 3.32. The summed E-state index contributed by atoms with van der Waals surface area (Å²) in [6.45, 7) is 2.13. The SMILES string of the molecule is C[C@@H](CCc1ccccc1)NC(=O)C1(c2ccccc2)CCCCC1. The van der Waals surface area contributed by atoms with Crippen molar-refractivity contribution in [3.63, 3.8) is 0 Å². The van der Waals surface area contributed by atoms with Gasteiger partial charge in [0.1, 0.15) is 0 Å². The third kappa shape index (κ3) is 4.31. The van der Waals surface area contributed by atoms with Crippen LogP contribution in [0.2, 0.25) is 0 Å². The van der Waals surface area contributed by atoms with Crippen LogP contribution in [0.1, 0.15) is 56.6 Å². The molecule has 0 saturated heterocycles. The Morgan fingerprint density at radius 1 is 0.960 bits per heavy atom. The summed E-state index contributed by atoms with van der Waals surface area (Å²) in [7, 11) is 0. The quantitative estimate of drug-likeness (QED) is 0.788. The van der Waals surface area contributed by atoms with E-state index in [4.69, 9.17) is 0 Å². The van der Waals surface area contributed by atoms with E-state index in [2.05, 4.69) is 60.8 Å². The lowest BCUT2D eigenvalue weighted by Crippen LogP contribution is -2.48. The number of aryl methyl sites for hydroxylation is 1. The third-order valence-electron chi connectivity index (χ3n) is 5.55. The smallest absolute Gasteiger partial charge is 0.230 e. The largest absolute Gasteiger partial charge is 0.353 e. The van der Waals surface area contributed by atoms with Gasteiger partial charge in [-0.2, -0.15) is 0 Å². The molecule has 2 aromatic rings. The van der Waals surface area contributed by atoms with Gasteiger partial charge in [-0.25, -0.2) is 0 Å². The van der Waals surface area contributed by atoms with Crippen LogP contribution in [-0.4, -0.2) is 11.9 Å². The van der Waals surface area contributed by atoms with Crippen LogP contribution >= 0.6 is 0 Å². The number of amides is 1. The van der Waals surface area contributed by atoms with Crippen LogP contribution in [-0.2, 0) is 16.6 Å². The van der Waals surface area contributed by atoms with Crippen molar-refractivity contribution in [2.75, 3.05) is 0 Å². The standard InChI is InChI=1S/C23H29NO/c1-19(15-16-20-11-5-2-6-12-20)24-22(25)23(17-9-4-10-18-23)21-13-7-3-8-14-21/h2-3,5-8,11-14,19H,4,9-10,15-18H2,1H3,(H,24,25)/t19-/m0/s1. The molecule has 1 amide bonds. The van der Waals surface area contributed by atoms with E-state index in [0.717, 1.165) is 38.5 Å². The topological polar surface area (TPSA) is 29.1 Å². The first-order valence-electron chi connectivity index (χ1n) is 9.61. The van der Waals surface area contributed by atoms with Gasteiger partial charge in [0.15, 0.2) is 0 Å². The van der Waals surface area contributed by atoms with Gasteiger partial charge < -0.3 is 5.32 Å². The maximum absolute atomic E-state index is 13.2. The Kier molecular flexibility index (Phi) is 5.91. The number of carbonyl (C=O) groups excluding carboxylic acids is 1. The highest BCUT2D eigenvalue weighted by Gasteiger charge is 2.41. The molecular weight excluding hydrogens is 306 g/mol.